The molecular formula is C20H18FN5O2S. The largest absolute Gasteiger partial charge is 0.345 e. The van der Waals surface area contributed by atoms with Crippen LogP contribution in [0.1, 0.15) is 21.9 Å². The highest BCUT2D eigenvalue weighted by Crippen LogP contribution is 2.33. The lowest BCUT2D eigenvalue weighted by atomic mass is 10.3. The Labute approximate surface area is 169 Å². The molecule has 3 aromatic heterocycles. The number of halogens is 1. The Kier molecular flexibility index (Phi) is 4.98. The van der Waals surface area contributed by atoms with Crippen LogP contribution in [0, 0.1) is 12.7 Å². The highest BCUT2D eigenvalue weighted by atomic mass is 32.2. The van der Waals surface area contributed by atoms with Crippen molar-refractivity contribution in [2.24, 2.45) is 7.05 Å². The number of aromatic nitrogens is 4. The Hall–Kier alpha value is -3.33. The van der Waals surface area contributed by atoms with Crippen LogP contribution in [0.25, 0.3) is 10.9 Å². The molecule has 0 saturated carbocycles. The Balaban J connectivity index is 1.53. The van der Waals surface area contributed by atoms with Crippen LogP contribution in [-0.2, 0) is 13.6 Å². The van der Waals surface area contributed by atoms with Crippen molar-refractivity contribution >= 4 is 28.6 Å². The van der Waals surface area contributed by atoms with E-state index in [0.717, 1.165) is 38.5 Å². The number of carbonyl (C=O) groups is 1. The van der Waals surface area contributed by atoms with Crippen LogP contribution in [0.2, 0.25) is 0 Å². The van der Waals surface area contributed by atoms with E-state index in [9.17, 15) is 14.0 Å². The third kappa shape index (κ3) is 3.81. The number of H-pyrrole nitrogens is 2. The number of benzene rings is 1. The molecule has 7 nitrogen and oxygen atoms in total. The average molecular weight is 411 g/mol. The first-order chi connectivity index (χ1) is 13.9. The number of carbonyl (C=O) groups excluding carboxylic acids is 1. The minimum absolute atomic E-state index is 0.0415. The molecule has 1 amide bonds. The van der Waals surface area contributed by atoms with Crippen molar-refractivity contribution in [3.8, 4) is 0 Å². The first kappa shape index (κ1) is 19.0. The van der Waals surface area contributed by atoms with E-state index in [2.05, 4.69) is 20.5 Å². The van der Waals surface area contributed by atoms with Gasteiger partial charge in [-0.2, -0.15) is 5.10 Å². The number of fused-ring (bicyclic) bond motifs is 1. The summed E-state index contributed by atoms with van der Waals surface area (Å²) >= 11 is 1.55. The summed E-state index contributed by atoms with van der Waals surface area (Å²) in [6, 6.07) is 9.98. The van der Waals surface area contributed by atoms with Crippen LogP contribution in [0.3, 0.4) is 0 Å². The van der Waals surface area contributed by atoms with Crippen molar-refractivity contribution in [1.82, 2.24) is 25.1 Å². The van der Waals surface area contributed by atoms with E-state index in [0.29, 0.717) is 5.69 Å². The molecule has 0 aliphatic carbocycles. The van der Waals surface area contributed by atoms with Crippen LogP contribution >= 0.6 is 11.8 Å². The maximum absolute atomic E-state index is 13.8. The predicted molar refractivity (Wildman–Crippen MR) is 109 cm³/mol. The molecule has 0 bridgehead atoms. The molecule has 3 heterocycles. The molecule has 4 aromatic rings. The molecule has 0 unspecified atom stereocenters. The lowest BCUT2D eigenvalue weighted by Gasteiger charge is -2.07. The topological polar surface area (TPSA) is 95.6 Å². The Morgan fingerprint density at radius 2 is 2.10 bits per heavy atom. The standard InChI is InChI=1S/C20H18FN5O2S/c1-11-18(29-13-3-5-15-12(7-13)9-23-25-15)8-17(26(11)2)20(28)22-10-16-14(21)4-6-19(27)24-16/h3-9H,10H2,1-2H3,(H,22,28)(H,23,25)(H,24,27). The number of amides is 1. The molecule has 0 saturated heterocycles. The van der Waals surface area contributed by atoms with E-state index >= 15 is 0 Å². The number of nitrogens with zero attached hydrogens (tertiary/aromatic N) is 2. The molecule has 0 fully saturated rings. The number of hydrogen-bond donors (Lipinski definition) is 3. The fraction of sp³-hybridized carbons (Fsp3) is 0.150. The van der Waals surface area contributed by atoms with Crippen LogP contribution in [0.4, 0.5) is 4.39 Å². The molecule has 3 N–H and O–H groups in total. The summed E-state index contributed by atoms with van der Waals surface area (Å²) in [6.07, 6.45) is 1.77. The van der Waals surface area contributed by atoms with Gasteiger partial charge in [-0.1, -0.05) is 11.8 Å². The Morgan fingerprint density at radius 3 is 2.93 bits per heavy atom. The van der Waals surface area contributed by atoms with Crippen LogP contribution in [0.5, 0.6) is 0 Å². The van der Waals surface area contributed by atoms with Crippen molar-refractivity contribution in [2.75, 3.05) is 0 Å². The third-order valence-corrected chi connectivity index (χ3v) is 5.85. The van der Waals surface area contributed by atoms with E-state index < -0.39 is 11.4 Å². The summed E-state index contributed by atoms with van der Waals surface area (Å²) in [4.78, 5) is 28.3. The zero-order valence-corrected chi connectivity index (χ0v) is 16.6. The molecule has 0 aliphatic heterocycles. The summed E-state index contributed by atoms with van der Waals surface area (Å²) < 4.78 is 15.6. The Morgan fingerprint density at radius 1 is 1.28 bits per heavy atom. The Bertz CT molecular complexity index is 1270. The predicted octanol–water partition coefficient (Wildman–Crippen LogP) is 3.12. The van der Waals surface area contributed by atoms with E-state index in [1.54, 1.807) is 35.6 Å². The summed E-state index contributed by atoms with van der Waals surface area (Å²) in [6.45, 7) is 1.83. The van der Waals surface area contributed by atoms with Crippen molar-refractivity contribution in [2.45, 2.75) is 23.3 Å². The molecule has 0 aliphatic rings. The summed E-state index contributed by atoms with van der Waals surface area (Å²) in [5, 5.41) is 10.6. The van der Waals surface area contributed by atoms with E-state index in [1.807, 2.05) is 25.1 Å². The number of aromatic amines is 2. The van der Waals surface area contributed by atoms with Gasteiger partial charge in [0.25, 0.3) is 5.91 Å². The molecular weight excluding hydrogens is 393 g/mol. The zero-order chi connectivity index (χ0) is 20.5. The van der Waals surface area contributed by atoms with Gasteiger partial charge in [-0.25, -0.2) is 4.39 Å². The highest BCUT2D eigenvalue weighted by Gasteiger charge is 2.17. The normalized spacial score (nSPS) is 11.1. The first-order valence-electron chi connectivity index (χ1n) is 8.85. The smallest absolute Gasteiger partial charge is 0.268 e. The van der Waals surface area contributed by atoms with Crippen molar-refractivity contribution in [3.05, 3.63) is 75.8 Å². The highest BCUT2D eigenvalue weighted by molar-refractivity contribution is 7.99. The molecule has 0 radical (unpaired) electrons. The molecule has 29 heavy (non-hydrogen) atoms. The van der Waals surface area contributed by atoms with Gasteiger partial charge in [0.2, 0.25) is 5.56 Å². The second-order valence-corrected chi connectivity index (χ2v) is 7.71. The lowest BCUT2D eigenvalue weighted by molar-refractivity contribution is 0.0941. The zero-order valence-electron chi connectivity index (χ0n) is 15.7. The van der Waals surface area contributed by atoms with Crippen molar-refractivity contribution in [3.63, 3.8) is 0 Å². The number of nitrogens with one attached hydrogen (secondary N) is 3. The molecule has 9 heteroatoms. The second kappa shape index (κ2) is 7.59. The maximum Gasteiger partial charge on any atom is 0.268 e. The summed E-state index contributed by atoms with van der Waals surface area (Å²) in [5.41, 5.74) is 1.98. The summed E-state index contributed by atoms with van der Waals surface area (Å²) in [7, 11) is 1.80. The number of pyridine rings is 1. The van der Waals surface area contributed by atoms with Gasteiger partial charge >= 0.3 is 0 Å². The van der Waals surface area contributed by atoms with E-state index in [-0.39, 0.29) is 18.1 Å². The second-order valence-electron chi connectivity index (χ2n) is 6.59. The lowest BCUT2D eigenvalue weighted by Crippen LogP contribution is -2.27. The number of hydrogen-bond acceptors (Lipinski definition) is 4. The number of rotatable bonds is 5. The third-order valence-electron chi connectivity index (χ3n) is 4.73. The minimum atomic E-state index is -0.571. The minimum Gasteiger partial charge on any atom is -0.345 e. The first-order valence-corrected chi connectivity index (χ1v) is 9.67. The van der Waals surface area contributed by atoms with Crippen LogP contribution in [-0.4, -0.2) is 25.7 Å². The van der Waals surface area contributed by atoms with Gasteiger partial charge < -0.3 is 14.9 Å². The molecule has 4 rings (SSSR count). The van der Waals surface area contributed by atoms with Crippen molar-refractivity contribution in [1.29, 1.82) is 0 Å². The average Bonchev–Trinajstić information content (AvgIpc) is 3.28. The maximum atomic E-state index is 13.8. The van der Waals surface area contributed by atoms with Gasteiger partial charge in [0.05, 0.1) is 24.0 Å². The van der Waals surface area contributed by atoms with E-state index in [4.69, 9.17) is 0 Å². The monoisotopic (exact) mass is 411 g/mol. The van der Waals surface area contributed by atoms with Gasteiger partial charge in [0, 0.05) is 34.0 Å². The SMILES string of the molecule is Cc1c(Sc2ccc3[nH]ncc3c2)cc(C(=O)NCc2[nH]c(=O)ccc2F)n1C. The van der Waals surface area contributed by atoms with E-state index in [1.165, 1.54) is 0 Å². The van der Waals surface area contributed by atoms with Gasteiger partial charge in [0.1, 0.15) is 11.5 Å². The molecule has 148 valence electrons. The summed E-state index contributed by atoms with van der Waals surface area (Å²) in [5.74, 6) is -0.921. The fourth-order valence-electron chi connectivity index (χ4n) is 2.99. The van der Waals surface area contributed by atoms with Crippen molar-refractivity contribution < 1.29 is 9.18 Å². The quantitative estimate of drug-likeness (QED) is 0.470. The van der Waals surface area contributed by atoms with Gasteiger partial charge in [-0.05, 0) is 37.3 Å². The van der Waals surface area contributed by atoms with Gasteiger partial charge in [-0.15, -0.1) is 0 Å². The van der Waals surface area contributed by atoms with Crippen LogP contribution in [0.15, 0.2) is 57.2 Å². The van der Waals surface area contributed by atoms with Gasteiger partial charge in [0.15, 0.2) is 0 Å². The molecule has 1 aromatic carbocycles. The fourth-order valence-corrected chi connectivity index (χ4v) is 4.02. The van der Waals surface area contributed by atoms with Gasteiger partial charge in [-0.3, -0.25) is 14.7 Å². The molecule has 0 spiro atoms. The van der Waals surface area contributed by atoms with Crippen LogP contribution < -0.4 is 10.9 Å². The molecule has 0 atom stereocenters.